The number of ether oxygens (including phenoxy) is 2. The maximum Gasteiger partial charge on any atom is 0.340 e. The number of para-hydroxylation sites is 1. The van der Waals surface area contributed by atoms with Gasteiger partial charge in [0.2, 0.25) is 0 Å². The molecule has 7 nitrogen and oxygen atoms in total. The number of phenolic OH excluding ortho intramolecular Hbond substituents is 1. The summed E-state index contributed by atoms with van der Waals surface area (Å²) in [5, 5.41) is 10.4. The number of rotatable bonds is 5. The summed E-state index contributed by atoms with van der Waals surface area (Å²) in [6, 6.07) is 11.4. The van der Waals surface area contributed by atoms with Crippen LogP contribution >= 0.6 is 0 Å². The third-order valence-electron chi connectivity index (χ3n) is 4.85. The molecule has 0 saturated carbocycles. The topological polar surface area (TPSA) is 93.1 Å². The Morgan fingerprint density at radius 1 is 1.10 bits per heavy atom. The molecule has 3 rings (SSSR count). The van der Waals surface area contributed by atoms with Gasteiger partial charge in [0.05, 0.1) is 25.4 Å². The van der Waals surface area contributed by atoms with Crippen molar-refractivity contribution in [3.05, 3.63) is 70.4 Å². The van der Waals surface area contributed by atoms with Crippen LogP contribution in [0.15, 0.2) is 59.3 Å². The molecule has 0 saturated heterocycles. The number of nitrogens with zero attached hydrogens (tertiary/aromatic N) is 1. The molecule has 0 aliphatic carbocycles. The SMILES string of the molecule is COC(=O)C1=C(C)N(c2cccc(C(C)=O)c2)C(=O)/C1=C\c1cccc(OC)c1O. The number of ketones is 1. The van der Waals surface area contributed by atoms with Crippen molar-refractivity contribution < 1.29 is 29.0 Å². The molecule has 0 unspecified atom stereocenters. The summed E-state index contributed by atoms with van der Waals surface area (Å²) in [6.45, 7) is 3.06. The Bertz CT molecular complexity index is 1110. The first-order chi connectivity index (χ1) is 14.3. The Kier molecular flexibility index (Phi) is 5.73. The van der Waals surface area contributed by atoms with E-state index in [0.717, 1.165) is 0 Å². The summed E-state index contributed by atoms with van der Waals surface area (Å²) < 4.78 is 9.99. The molecule has 1 amide bonds. The minimum Gasteiger partial charge on any atom is -0.504 e. The molecule has 0 atom stereocenters. The fourth-order valence-electron chi connectivity index (χ4n) is 3.33. The van der Waals surface area contributed by atoms with Crippen molar-refractivity contribution in [1.29, 1.82) is 0 Å². The number of Topliss-reactive ketones (excluding diaryl/α,β-unsaturated/α-hetero) is 1. The van der Waals surface area contributed by atoms with Gasteiger partial charge in [-0.05, 0) is 38.1 Å². The lowest BCUT2D eigenvalue weighted by molar-refractivity contribution is -0.136. The van der Waals surface area contributed by atoms with Crippen LogP contribution in [0.1, 0.15) is 29.8 Å². The maximum atomic E-state index is 13.3. The van der Waals surface area contributed by atoms with Crippen LogP contribution in [0.5, 0.6) is 11.5 Å². The fraction of sp³-hybridized carbons (Fsp3) is 0.174. The zero-order valence-corrected chi connectivity index (χ0v) is 17.1. The lowest BCUT2D eigenvalue weighted by Crippen LogP contribution is -2.24. The summed E-state index contributed by atoms with van der Waals surface area (Å²) in [5.74, 6) is -1.22. The van der Waals surface area contributed by atoms with Crippen molar-refractivity contribution in [2.24, 2.45) is 0 Å². The average Bonchev–Trinajstić information content (AvgIpc) is 2.98. The van der Waals surface area contributed by atoms with Crippen molar-refractivity contribution in [2.75, 3.05) is 19.1 Å². The van der Waals surface area contributed by atoms with Crippen LogP contribution in [0.25, 0.3) is 6.08 Å². The van der Waals surface area contributed by atoms with E-state index in [9.17, 15) is 19.5 Å². The Morgan fingerprint density at radius 3 is 2.43 bits per heavy atom. The predicted molar refractivity (Wildman–Crippen MR) is 111 cm³/mol. The lowest BCUT2D eigenvalue weighted by Gasteiger charge is -2.18. The van der Waals surface area contributed by atoms with Gasteiger partial charge >= 0.3 is 5.97 Å². The number of aromatic hydroxyl groups is 1. The van der Waals surface area contributed by atoms with E-state index in [2.05, 4.69) is 0 Å². The third kappa shape index (κ3) is 3.57. The number of amides is 1. The molecule has 0 bridgehead atoms. The van der Waals surface area contributed by atoms with Crippen LogP contribution in [-0.4, -0.2) is 37.0 Å². The molecular weight excluding hydrogens is 386 g/mol. The largest absolute Gasteiger partial charge is 0.504 e. The van der Waals surface area contributed by atoms with Crippen LogP contribution in [0.3, 0.4) is 0 Å². The van der Waals surface area contributed by atoms with Crippen molar-refractivity contribution in [3.63, 3.8) is 0 Å². The predicted octanol–water partition coefficient (Wildman–Crippen LogP) is 3.48. The second-order valence-corrected chi connectivity index (χ2v) is 6.66. The van der Waals surface area contributed by atoms with Crippen molar-refractivity contribution in [2.45, 2.75) is 13.8 Å². The minimum absolute atomic E-state index is 0.0659. The van der Waals surface area contributed by atoms with Gasteiger partial charge in [-0.15, -0.1) is 0 Å². The zero-order valence-electron chi connectivity index (χ0n) is 17.1. The number of allylic oxidation sites excluding steroid dienone is 1. The lowest BCUT2D eigenvalue weighted by atomic mass is 10.0. The average molecular weight is 407 g/mol. The summed E-state index contributed by atoms with van der Waals surface area (Å²) in [5.41, 5.74) is 1.71. The summed E-state index contributed by atoms with van der Waals surface area (Å²) in [6.07, 6.45) is 1.42. The third-order valence-corrected chi connectivity index (χ3v) is 4.85. The number of methoxy groups -OCH3 is 2. The molecule has 30 heavy (non-hydrogen) atoms. The molecule has 2 aromatic rings. The first-order valence-electron chi connectivity index (χ1n) is 9.12. The van der Waals surface area contributed by atoms with Crippen LogP contribution in [0.4, 0.5) is 5.69 Å². The first-order valence-corrected chi connectivity index (χ1v) is 9.12. The van der Waals surface area contributed by atoms with E-state index >= 15 is 0 Å². The Morgan fingerprint density at radius 2 is 1.80 bits per heavy atom. The highest BCUT2D eigenvalue weighted by atomic mass is 16.5. The number of phenols is 1. The van der Waals surface area contributed by atoms with Gasteiger partial charge in [0.1, 0.15) is 0 Å². The summed E-state index contributed by atoms with van der Waals surface area (Å²) >= 11 is 0. The Labute approximate surface area is 173 Å². The molecule has 7 heteroatoms. The molecule has 0 radical (unpaired) electrons. The Balaban J connectivity index is 2.18. The molecule has 1 heterocycles. The second kappa shape index (κ2) is 8.24. The molecular formula is C23H21NO6. The number of benzene rings is 2. The quantitative estimate of drug-likeness (QED) is 0.463. The number of anilines is 1. The van der Waals surface area contributed by atoms with Gasteiger partial charge in [0, 0.05) is 22.5 Å². The molecule has 0 spiro atoms. The number of hydrogen-bond donors (Lipinski definition) is 1. The molecule has 1 aliphatic rings. The number of esters is 1. The van der Waals surface area contributed by atoms with E-state index in [0.29, 0.717) is 22.5 Å². The van der Waals surface area contributed by atoms with Crippen molar-refractivity contribution in [3.8, 4) is 11.5 Å². The van der Waals surface area contributed by atoms with Gasteiger partial charge in [-0.3, -0.25) is 14.5 Å². The van der Waals surface area contributed by atoms with Gasteiger partial charge in [-0.2, -0.15) is 0 Å². The number of carbonyl (C=O) groups is 3. The molecule has 1 aliphatic heterocycles. The van der Waals surface area contributed by atoms with Crippen molar-refractivity contribution >= 4 is 29.4 Å². The maximum absolute atomic E-state index is 13.3. The van der Waals surface area contributed by atoms with E-state index < -0.39 is 11.9 Å². The minimum atomic E-state index is -0.681. The van der Waals surface area contributed by atoms with E-state index in [1.54, 1.807) is 49.4 Å². The second-order valence-electron chi connectivity index (χ2n) is 6.66. The number of hydrogen-bond acceptors (Lipinski definition) is 6. The monoisotopic (exact) mass is 407 g/mol. The van der Waals surface area contributed by atoms with E-state index in [1.165, 1.54) is 32.1 Å². The van der Waals surface area contributed by atoms with Gasteiger partial charge in [-0.25, -0.2) is 4.79 Å². The molecule has 0 aromatic heterocycles. The highest BCUT2D eigenvalue weighted by Crippen LogP contribution is 2.38. The van der Waals surface area contributed by atoms with Gasteiger partial charge in [-0.1, -0.05) is 24.3 Å². The number of carbonyl (C=O) groups excluding carboxylic acids is 3. The summed E-state index contributed by atoms with van der Waals surface area (Å²) in [7, 11) is 2.65. The zero-order chi connectivity index (χ0) is 22.0. The van der Waals surface area contributed by atoms with Gasteiger partial charge in [0.25, 0.3) is 5.91 Å². The standard InChI is InChI=1S/C23H21NO6/c1-13-20(23(28)30-4)18(12-16-8-6-10-19(29-3)21(16)26)22(27)24(13)17-9-5-7-15(11-17)14(2)25/h5-12,26H,1-4H3/b18-12-. The van der Waals surface area contributed by atoms with Gasteiger partial charge < -0.3 is 14.6 Å². The molecule has 0 fully saturated rings. The Hall–Kier alpha value is -3.87. The van der Waals surface area contributed by atoms with E-state index in [1.807, 2.05) is 0 Å². The van der Waals surface area contributed by atoms with Crippen LogP contribution in [0.2, 0.25) is 0 Å². The van der Waals surface area contributed by atoms with Crippen LogP contribution in [-0.2, 0) is 14.3 Å². The molecule has 2 aromatic carbocycles. The first kappa shape index (κ1) is 20.9. The van der Waals surface area contributed by atoms with Crippen LogP contribution < -0.4 is 9.64 Å². The highest BCUT2D eigenvalue weighted by molar-refractivity contribution is 6.24. The van der Waals surface area contributed by atoms with E-state index in [4.69, 9.17) is 9.47 Å². The normalized spacial score (nSPS) is 15.0. The van der Waals surface area contributed by atoms with Crippen molar-refractivity contribution in [1.82, 2.24) is 0 Å². The summed E-state index contributed by atoms with van der Waals surface area (Å²) in [4.78, 5) is 38.9. The smallest absolute Gasteiger partial charge is 0.340 e. The van der Waals surface area contributed by atoms with Gasteiger partial charge in [0.15, 0.2) is 17.3 Å². The van der Waals surface area contributed by atoms with Crippen LogP contribution in [0, 0.1) is 0 Å². The molecule has 1 N–H and O–H groups in total. The highest BCUT2D eigenvalue weighted by Gasteiger charge is 2.38. The van der Waals surface area contributed by atoms with E-state index in [-0.39, 0.29) is 28.4 Å². The fourth-order valence-corrected chi connectivity index (χ4v) is 3.33. The molecule has 154 valence electrons.